The topological polar surface area (TPSA) is 66.5 Å². The highest BCUT2D eigenvalue weighted by molar-refractivity contribution is 7.92. The second-order valence-corrected chi connectivity index (χ2v) is 7.78. The van der Waals surface area contributed by atoms with Gasteiger partial charge in [-0.25, -0.2) is 21.6 Å². The molecule has 9 heteroatoms. The number of halogens is 3. The van der Waals surface area contributed by atoms with Crippen LogP contribution >= 0.6 is 0 Å². The monoisotopic (exact) mass is 420 g/mol. The molecular formula is C20H15F3N2O3S. The van der Waals surface area contributed by atoms with Crippen LogP contribution in [0.3, 0.4) is 0 Å². The van der Waals surface area contributed by atoms with E-state index < -0.39 is 45.6 Å². The number of hydrogen-bond acceptors (Lipinski definition) is 3. The Hall–Kier alpha value is -3.33. The molecule has 0 fully saturated rings. The van der Waals surface area contributed by atoms with Gasteiger partial charge in [-0.1, -0.05) is 36.4 Å². The number of benzene rings is 3. The van der Waals surface area contributed by atoms with Gasteiger partial charge in [-0.2, -0.15) is 0 Å². The van der Waals surface area contributed by atoms with E-state index in [0.29, 0.717) is 4.31 Å². The first-order chi connectivity index (χ1) is 13.8. The molecule has 0 aromatic heterocycles. The van der Waals surface area contributed by atoms with Gasteiger partial charge in [0.25, 0.3) is 10.0 Å². The van der Waals surface area contributed by atoms with Gasteiger partial charge >= 0.3 is 0 Å². The average Bonchev–Trinajstić information content (AvgIpc) is 2.70. The average molecular weight is 420 g/mol. The van der Waals surface area contributed by atoms with Crippen LogP contribution in [-0.2, 0) is 14.8 Å². The number of carbonyl (C=O) groups excluding carboxylic acids is 1. The number of amides is 1. The first-order valence-corrected chi connectivity index (χ1v) is 9.81. The van der Waals surface area contributed by atoms with Gasteiger partial charge in [-0.15, -0.1) is 0 Å². The van der Waals surface area contributed by atoms with Crippen molar-refractivity contribution >= 4 is 27.3 Å². The molecule has 5 nitrogen and oxygen atoms in total. The van der Waals surface area contributed by atoms with Crippen molar-refractivity contribution < 1.29 is 26.4 Å². The van der Waals surface area contributed by atoms with E-state index in [1.807, 2.05) is 5.32 Å². The van der Waals surface area contributed by atoms with Gasteiger partial charge in [0.2, 0.25) is 5.91 Å². The van der Waals surface area contributed by atoms with Crippen LogP contribution in [-0.4, -0.2) is 20.9 Å². The van der Waals surface area contributed by atoms with Gasteiger partial charge in [0.15, 0.2) is 0 Å². The summed E-state index contributed by atoms with van der Waals surface area (Å²) in [6, 6.07) is 15.1. The van der Waals surface area contributed by atoms with Crippen molar-refractivity contribution in [1.29, 1.82) is 0 Å². The summed E-state index contributed by atoms with van der Waals surface area (Å²) in [4.78, 5) is 12.2. The number of sulfonamides is 1. The van der Waals surface area contributed by atoms with Crippen LogP contribution in [0.5, 0.6) is 0 Å². The highest BCUT2D eigenvalue weighted by atomic mass is 32.2. The van der Waals surface area contributed by atoms with Crippen LogP contribution in [0.15, 0.2) is 77.7 Å². The van der Waals surface area contributed by atoms with Crippen LogP contribution in [0.4, 0.5) is 24.5 Å². The summed E-state index contributed by atoms with van der Waals surface area (Å²) in [7, 11) is -4.34. The Morgan fingerprint density at radius 3 is 1.97 bits per heavy atom. The lowest BCUT2D eigenvalue weighted by Gasteiger charge is -2.24. The quantitative estimate of drug-likeness (QED) is 0.657. The van der Waals surface area contributed by atoms with Gasteiger partial charge in [0, 0.05) is 0 Å². The molecule has 1 N–H and O–H groups in total. The molecule has 0 saturated carbocycles. The number of nitrogens with one attached hydrogen (secondary N) is 1. The molecule has 0 unspecified atom stereocenters. The van der Waals surface area contributed by atoms with Gasteiger partial charge in [-0.3, -0.25) is 9.10 Å². The molecule has 0 aliphatic heterocycles. The third-order valence-corrected chi connectivity index (χ3v) is 5.74. The standard InChI is InChI=1S/C20H15F3N2O3S/c21-15-9-4-5-12-18(15)25(29(27,28)14-7-2-1-3-8-14)13-19(26)24-20-16(22)10-6-11-17(20)23/h1-12H,13H2,(H,24,26). The zero-order valence-electron chi connectivity index (χ0n) is 14.8. The first-order valence-electron chi connectivity index (χ1n) is 8.37. The van der Waals surface area contributed by atoms with E-state index in [9.17, 15) is 26.4 Å². The minimum Gasteiger partial charge on any atom is -0.320 e. The van der Waals surface area contributed by atoms with E-state index in [1.165, 1.54) is 42.5 Å². The van der Waals surface area contributed by atoms with Gasteiger partial charge in [-0.05, 0) is 36.4 Å². The SMILES string of the molecule is O=C(CN(c1ccccc1F)S(=O)(=O)c1ccccc1)Nc1c(F)cccc1F. The lowest BCUT2D eigenvalue weighted by molar-refractivity contribution is -0.114. The second-order valence-electron chi connectivity index (χ2n) is 5.92. The Labute approximate surface area is 165 Å². The first kappa shape index (κ1) is 20.4. The van der Waals surface area contributed by atoms with Crippen LogP contribution in [0.1, 0.15) is 0 Å². The highest BCUT2D eigenvalue weighted by Crippen LogP contribution is 2.26. The van der Waals surface area contributed by atoms with E-state index in [-0.39, 0.29) is 10.6 Å². The minimum absolute atomic E-state index is 0.173. The maximum atomic E-state index is 14.3. The molecular weight excluding hydrogens is 405 g/mol. The number of rotatable bonds is 6. The van der Waals surface area contributed by atoms with Crippen LogP contribution in [0.25, 0.3) is 0 Å². The number of nitrogens with zero attached hydrogens (tertiary/aromatic N) is 1. The predicted octanol–water partition coefficient (Wildman–Crippen LogP) is 3.94. The fourth-order valence-electron chi connectivity index (χ4n) is 2.60. The van der Waals surface area contributed by atoms with Gasteiger partial charge in [0.1, 0.15) is 29.7 Å². The lowest BCUT2D eigenvalue weighted by Crippen LogP contribution is -2.38. The van der Waals surface area contributed by atoms with Crippen molar-refractivity contribution in [2.45, 2.75) is 4.90 Å². The summed E-state index contributed by atoms with van der Waals surface area (Å²) in [5, 5.41) is 2.00. The third-order valence-electron chi connectivity index (χ3n) is 3.97. The van der Waals surface area contributed by atoms with Crippen molar-refractivity contribution in [3.05, 3.63) is 90.2 Å². The van der Waals surface area contributed by atoms with Crippen molar-refractivity contribution in [2.75, 3.05) is 16.2 Å². The van der Waals surface area contributed by atoms with Crippen molar-refractivity contribution in [2.24, 2.45) is 0 Å². The van der Waals surface area contributed by atoms with E-state index in [4.69, 9.17) is 0 Å². The Morgan fingerprint density at radius 2 is 1.34 bits per heavy atom. The number of para-hydroxylation sites is 2. The molecule has 29 heavy (non-hydrogen) atoms. The molecule has 0 spiro atoms. The molecule has 3 aromatic carbocycles. The van der Waals surface area contributed by atoms with E-state index >= 15 is 0 Å². The molecule has 0 bridgehead atoms. The molecule has 150 valence electrons. The smallest absolute Gasteiger partial charge is 0.264 e. The fourth-order valence-corrected chi connectivity index (χ4v) is 4.05. The highest BCUT2D eigenvalue weighted by Gasteiger charge is 2.29. The van der Waals surface area contributed by atoms with E-state index in [0.717, 1.165) is 24.3 Å². The Bertz CT molecular complexity index is 1120. The molecule has 0 heterocycles. The summed E-state index contributed by atoms with van der Waals surface area (Å²) < 4.78 is 68.5. The summed E-state index contributed by atoms with van der Waals surface area (Å²) in [5.41, 5.74) is -1.09. The summed E-state index contributed by atoms with van der Waals surface area (Å²) in [5.74, 6) is -3.97. The van der Waals surface area contributed by atoms with Crippen LogP contribution < -0.4 is 9.62 Å². The third kappa shape index (κ3) is 4.40. The molecule has 0 atom stereocenters. The lowest BCUT2D eigenvalue weighted by atomic mass is 10.3. The molecule has 3 rings (SSSR count). The van der Waals surface area contributed by atoms with Gasteiger partial charge in [0.05, 0.1) is 10.6 Å². The summed E-state index contributed by atoms with van der Waals surface area (Å²) in [6.45, 7) is -0.897. The number of carbonyl (C=O) groups is 1. The number of hydrogen-bond donors (Lipinski definition) is 1. The van der Waals surface area contributed by atoms with Crippen molar-refractivity contribution in [1.82, 2.24) is 0 Å². The van der Waals surface area contributed by atoms with E-state index in [1.54, 1.807) is 6.07 Å². The summed E-state index contributed by atoms with van der Waals surface area (Å²) >= 11 is 0. The van der Waals surface area contributed by atoms with E-state index in [2.05, 4.69) is 0 Å². The molecule has 0 aliphatic rings. The zero-order chi connectivity index (χ0) is 21.0. The molecule has 3 aromatic rings. The predicted molar refractivity (Wildman–Crippen MR) is 102 cm³/mol. The van der Waals surface area contributed by atoms with Crippen LogP contribution in [0.2, 0.25) is 0 Å². The van der Waals surface area contributed by atoms with Crippen molar-refractivity contribution in [3.63, 3.8) is 0 Å². The largest absolute Gasteiger partial charge is 0.320 e. The zero-order valence-corrected chi connectivity index (χ0v) is 15.7. The summed E-state index contributed by atoms with van der Waals surface area (Å²) in [6.07, 6.45) is 0. The van der Waals surface area contributed by atoms with Crippen LogP contribution in [0, 0.1) is 17.5 Å². The van der Waals surface area contributed by atoms with Crippen molar-refractivity contribution in [3.8, 4) is 0 Å². The fraction of sp³-hybridized carbons (Fsp3) is 0.0500. The Morgan fingerprint density at radius 1 is 0.793 bits per heavy atom. The maximum absolute atomic E-state index is 14.3. The Kier molecular flexibility index (Phi) is 5.88. The molecule has 0 aliphatic carbocycles. The molecule has 0 saturated heterocycles. The number of anilines is 2. The normalized spacial score (nSPS) is 11.1. The molecule has 1 amide bonds. The minimum atomic E-state index is -4.34. The Balaban J connectivity index is 1.98. The maximum Gasteiger partial charge on any atom is 0.264 e. The van der Waals surface area contributed by atoms with Gasteiger partial charge < -0.3 is 5.32 Å². The second kappa shape index (κ2) is 8.36. The molecule has 0 radical (unpaired) electrons.